The molecule has 0 heterocycles. The van der Waals surface area contributed by atoms with Crippen LogP contribution in [0.3, 0.4) is 0 Å². The molecule has 0 nitrogen and oxygen atoms in total. The summed E-state index contributed by atoms with van der Waals surface area (Å²) >= 11 is 1.74. The Morgan fingerprint density at radius 2 is 0.900 bits per heavy atom. The second-order valence-corrected chi connectivity index (χ2v) is 19.2. The Morgan fingerprint density at radius 3 is 1.23 bits per heavy atom. The first-order valence-electron chi connectivity index (χ1n) is 13.5. The van der Waals surface area contributed by atoms with Crippen molar-refractivity contribution in [1.29, 1.82) is 0 Å². The van der Waals surface area contributed by atoms with Crippen LogP contribution in [0.1, 0.15) is 25.0 Å². The summed E-state index contributed by atoms with van der Waals surface area (Å²) in [6.45, 7) is 9.03. The number of benzene rings is 4. The molecule has 0 N–H and O–H groups in total. The Kier molecular flexibility index (Phi) is 14.4. The zero-order chi connectivity index (χ0) is 26.9. The third-order valence-electron chi connectivity index (χ3n) is 6.61. The standard InChI is InChI=1S/2C17H15.C2H6Si.2ClH.Zr/c2*1-2-13-11-15-9-6-10-16(17(15)12-13)14-7-4-3-5-8-14;1-3-2;;;/h2*3-12H,2H2,1H3;1-2H3;2*1H;/q2*-1;;;;+2/p-2. The summed E-state index contributed by atoms with van der Waals surface area (Å²) in [6, 6.07) is 43.5. The number of rotatable bonds is 4. The van der Waals surface area contributed by atoms with E-state index in [0.717, 1.165) is 12.8 Å². The monoisotopic (exact) mass is 656 g/mol. The maximum Gasteiger partial charge on any atom is -1.00 e. The average Bonchev–Trinajstić information content (AvgIpc) is 3.58. The molecule has 0 fully saturated rings. The van der Waals surface area contributed by atoms with Crippen LogP contribution in [0.4, 0.5) is 0 Å². The predicted molar refractivity (Wildman–Crippen MR) is 166 cm³/mol. The second kappa shape index (κ2) is 16.9. The zero-order valence-corrected chi connectivity index (χ0v) is 28.7. The maximum atomic E-state index is 2.32. The van der Waals surface area contributed by atoms with Gasteiger partial charge >= 0.3 is 41.9 Å². The van der Waals surface area contributed by atoms with Crippen LogP contribution in [0, 0.1) is 0 Å². The summed E-state index contributed by atoms with van der Waals surface area (Å²) in [5.74, 6) is 0. The third-order valence-corrected chi connectivity index (χ3v) is 6.61. The van der Waals surface area contributed by atoms with E-state index in [1.807, 2.05) is 0 Å². The van der Waals surface area contributed by atoms with Gasteiger partial charge in [-0.1, -0.05) is 97.8 Å². The Bertz CT molecular complexity index is 1490. The van der Waals surface area contributed by atoms with Crippen molar-refractivity contribution in [2.24, 2.45) is 0 Å². The number of halogens is 2. The fraction of sp³-hybridized carbons (Fsp3) is 0.167. The smallest absolute Gasteiger partial charge is 1.00 e. The molecule has 0 amide bonds. The minimum absolute atomic E-state index is 0. The quantitative estimate of drug-likeness (QED) is 0.195. The molecule has 0 saturated carbocycles. The zero-order valence-electron chi connectivity index (χ0n) is 23.7. The summed E-state index contributed by atoms with van der Waals surface area (Å²) in [4.78, 5) is 0. The van der Waals surface area contributed by atoms with Crippen LogP contribution in [0.5, 0.6) is 0 Å². The number of hydrogen-bond acceptors (Lipinski definition) is 0. The Balaban J connectivity index is 0.000000237. The van der Waals surface area contributed by atoms with E-state index in [0.29, 0.717) is 0 Å². The SMILES string of the molecule is CCc1cc2c(-c3ccccc3)cccc2[cH-]1.CCc1cc2c(-c3ccccc3)cccc2[cH-]1.C[Si](C)=[Zr+2].[Cl-].[Cl-]. The van der Waals surface area contributed by atoms with Gasteiger partial charge in [-0.05, 0) is 24.0 Å². The van der Waals surface area contributed by atoms with Gasteiger partial charge in [0.1, 0.15) is 0 Å². The van der Waals surface area contributed by atoms with Gasteiger partial charge < -0.3 is 24.8 Å². The molecule has 0 aliphatic heterocycles. The van der Waals surface area contributed by atoms with E-state index in [1.54, 1.807) is 23.3 Å². The van der Waals surface area contributed by atoms with Crippen LogP contribution < -0.4 is 24.8 Å². The van der Waals surface area contributed by atoms with Crippen molar-refractivity contribution in [3.05, 3.63) is 132 Å². The van der Waals surface area contributed by atoms with Crippen molar-refractivity contribution in [1.82, 2.24) is 0 Å². The van der Waals surface area contributed by atoms with Gasteiger partial charge in [-0.2, -0.15) is 12.1 Å². The van der Waals surface area contributed by atoms with Crippen molar-refractivity contribution in [2.75, 3.05) is 0 Å². The van der Waals surface area contributed by atoms with E-state index in [-0.39, 0.29) is 30.2 Å². The molecule has 0 radical (unpaired) electrons. The van der Waals surface area contributed by atoms with E-state index in [2.05, 4.69) is 148 Å². The van der Waals surface area contributed by atoms with Crippen molar-refractivity contribution < 1.29 is 48.1 Å². The van der Waals surface area contributed by atoms with Gasteiger partial charge in [-0.25, -0.2) is 0 Å². The van der Waals surface area contributed by atoms with Gasteiger partial charge in [0.05, 0.1) is 0 Å². The summed E-state index contributed by atoms with van der Waals surface area (Å²) in [7, 11) is 0. The van der Waals surface area contributed by atoms with Crippen LogP contribution >= 0.6 is 0 Å². The summed E-state index contributed by atoms with van der Waals surface area (Å²) in [5, 5.41) is 5.44. The molecule has 0 unspecified atom stereocenters. The maximum absolute atomic E-state index is 2.32. The fourth-order valence-electron chi connectivity index (χ4n) is 4.74. The Morgan fingerprint density at radius 1 is 0.550 bits per heavy atom. The van der Waals surface area contributed by atoms with Crippen LogP contribution in [-0.4, -0.2) is 5.43 Å². The second-order valence-electron chi connectivity index (χ2n) is 9.78. The fourth-order valence-corrected chi connectivity index (χ4v) is 4.74. The molecule has 0 bridgehead atoms. The molecule has 0 saturated heterocycles. The average molecular weight is 659 g/mol. The van der Waals surface area contributed by atoms with Gasteiger partial charge in [0, 0.05) is 0 Å². The summed E-state index contributed by atoms with van der Waals surface area (Å²) in [5.41, 5.74) is 8.32. The molecule has 0 aliphatic rings. The molecule has 40 heavy (non-hydrogen) atoms. The molecule has 6 aromatic rings. The molecule has 6 rings (SSSR count). The molecule has 0 aromatic heterocycles. The molecule has 0 atom stereocenters. The van der Waals surface area contributed by atoms with Gasteiger partial charge in [0.25, 0.3) is 0 Å². The number of aryl methyl sites for hydroxylation is 2. The Labute approximate surface area is 267 Å². The molecule has 204 valence electrons. The minimum Gasteiger partial charge on any atom is -1.00 e. The topological polar surface area (TPSA) is 0 Å². The van der Waals surface area contributed by atoms with Crippen LogP contribution in [-0.2, 0) is 36.2 Å². The van der Waals surface area contributed by atoms with E-state index in [9.17, 15) is 0 Å². The molecular weight excluding hydrogens is 623 g/mol. The third kappa shape index (κ3) is 8.89. The van der Waals surface area contributed by atoms with Gasteiger partial charge in [0.2, 0.25) is 0 Å². The molecule has 0 spiro atoms. The molecular formula is C36H36Cl2SiZr-2. The van der Waals surface area contributed by atoms with Crippen LogP contribution in [0.15, 0.2) is 121 Å². The number of fused-ring (bicyclic) bond motifs is 2. The van der Waals surface area contributed by atoms with E-state index in [1.165, 1.54) is 54.9 Å². The molecule has 4 heteroatoms. The van der Waals surface area contributed by atoms with E-state index in [4.69, 9.17) is 0 Å². The minimum atomic E-state index is 0. The first-order valence-corrected chi connectivity index (χ1v) is 19.7. The molecule has 6 aromatic carbocycles. The Hall–Kier alpha value is -2.22. The van der Waals surface area contributed by atoms with E-state index < -0.39 is 0 Å². The van der Waals surface area contributed by atoms with Crippen LogP contribution in [0.25, 0.3) is 43.8 Å². The summed E-state index contributed by atoms with van der Waals surface area (Å²) in [6.07, 6.45) is 2.20. The normalized spacial score (nSPS) is 9.95. The predicted octanol–water partition coefficient (Wildman–Crippen LogP) is 4.37. The molecule has 0 aliphatic carbocycles. The van der Waals surface area contributed by atoms with Crippen LogP contribution in [0.2, 0.25) is 13.1 Å². The van der Waals surface area contributed by atoms with Crippen molar-refractivity contribution in [2.45, 2.75) is 39.8 Å². The van der Waals surface area contributed by atoms with Gasteiger partial charge in [0.15, 0.2) is 0 Å². The van der Waals surface area contributed by atoms with Gasteiger partial charge in [-0.15, -0.1) is 69.1 Å². The number of hydrogen-bond donors (Lipinski definition) is 0. The van der Waals surface area contributed by atoms with Crippen molar-refractivity contribution >= 4 is 27.0 Å². The van der Waals surface area contributed by atoms with Crippen molar-refractivity contribution in [3.63, 3.8) is 0 Å². The summed E-state index contributed by atoms with van der Waals surface area (Å²) < 4.78 is 0. The van der Waals surface area contributed by atoms with Gasteiger partial charge in [-0.3, -0.25) is 0 Å². The first kappa shape index (κ1) is 34.0. The van der Waals surface area contributed by atoms with E-state index >= 15 is 0 Å². The largest absolute Gasteiger partial charge is 1.00 e. The van der Waals surface area contributed by atoms with Crippen molar-refractivity contribution in [3.8, 4) is 22.3 Å². The first-order chi connectivity index (χ1) is 18.5.